The van der Waals surface area contributed by atoms with E-state index in [1.807, 2.05) is 6.07 Å². The van der Waals surface area contributed by atoms with Gasteiger partial charge < -0.3 is 9.47 Å². The Kier molecular flexibility index (Phi) is 5.69. The molecule has 122 valence electrons. The smallest absolute Gasteiger partial charge is 0.338 e. The van der Waals surface area contributed by atoms with E-state index in [4.69, 9.17) is 14.7 Å². The minimum Gasteiger partial charge on any atom is -0.489 e. The SMILES string of the molecule is CCOC(=O)c1ccc(COc2ccc(C(C)=O)c(C#N)c2)cc1. The number of rotatable bonds is 6. The highest BCUT2D eigenvalue weighted by atomic mass is 16.5. The Hall–Kier alpha value is -3.13. The van der Waals surface area contributed by atoms with Crippen molar-refractivity contribution in [2.45, 2.75) is 20.5 Å². The van der Waals surface area contributed by atoms with Crippen molar-refractivity contribution in [3.05, 3.63) is 64.7 Å². The summed E-state index contributed by atoms with van der Waals surface area (Å²) in [6.45, 7) is 3.80. The summed E-state index contributed by atoms with van der Waals surface area (Å²) in [5.74, 6) is -0.0119. The quantitative estimate of drug-likeness (QED) is 0.600. The third-order valence-corrected chi connectivity index (χ3v) is 3.36. The van der Waals surface area contributed by atoms with E-state index >= 15 is 0 Å². The normalized spacial score (nSPS) is 9.88. The van der Waals surface area contributed by atoms with Crippen LogP contribution in [0.4, 0.5) is 0 Å². The van der Waals surface area contributed by atoms with Crippen LogP contribution >= 0.6 is 0 Å². The molecular weight excluding hydrogens is 306 g/mol. The molecule has 5 nitrogen and oxygen atoms in total. The van der Waals surface area contributed by atoms with Gasteiger partial charge in [0.15, 0.2) is 5.78 Å². The van der Waals surface area contributed by atoms with Crippen molar-refractivity contribution >= 4 is 11.8 Å². The van der Waals surface area contributed by atoms with Crippen LogP contribution in [-0.4, -0.2) is 18.4 Å². The molecule has 24 heavy (non-hydrogen) atoms. The molecule has 0 atom stereocenters. The third-order valence-electron chi connectivity index (χ3n) is 3.36. The molecule has 2 aromatic rings. The zero-order valence-electron chi connectivity index (χ0n) is 13.5. The van der Waals surface area contributed by atoms with Gasteiger partial charge in [0, 0.05) is 5.56 Å². The van der Waals surface area contributed by atoms with E-state index in [9.17, 15) is 9.59 Å². The molecule has 0 radical (unpaired) electrons. The first kappa shape index (κ1) is 17.2. The van der Waals surface area contributed by atoms with Gasteiger partial charge in [-0.15, -0.1) is 0 Å². The molecule has 0 aliphatic heterocycles. The highest BCUT2D eigenvalue weighted by Crippen LogP contribution is 2.19. The van der Waals surface area contributed by atoms with Crippen molar-refractivity contribution in [3.8, 4) is 11.8 Å². The van der Waals surface area contributed by atoms with Crippen LogP contribution in [0.3, 0.4) is 0 Å². The monoisotopic (exact) mass is 323 g/mol. The number of carbonyl (C=O) groups is 2. The maximum absolute atomic E-state index is 11.6. The Balaban J connectivity index is 2.04. The van der Waals surface area contributed by atoms with Gasteiger partial charge in [0.25, 0.3) is 0 Å². The molecule has 2 aromatic carbocycles. The van der Waals surface area contributed by atoms with Crippen molar-refractivity contribution in [2.24, 2.45) is 0 Å². The molecule has 0 aromatic heterocycles. The Morgan fingerprint density at radius 3 is 2.42 bits per heavy atom. The largest absolute Gasteiger partial charge is 0.489 e. The lowest BCUT2D eigenvalue weighted by Gasteiger charge is -2.09. The highest BCUT2D eigenvalue weighted by molar-refractivity contribution is 5.96. The lowest BCUT2D eigenvalue weighted by Crippen LogP contribution is -2.05. The first-order chi connectivity index (χ1) is 11.5. The minimum atomic E-state index is -0.358. The summed E-state index contributed by atoms with van der Waals surface area (Å²) in [5, 5.41) is 9.10. The van der Waals surface area contributed by atoms with Gasteiger partial charge in [-0.1, -0.05) is 12.1 Å². The number of Topliss-reactive ketones (excluding diaryl/α,β-unsaturated/α-hetero) is 1. The van der Waals surface area contributed by atoms with Crippen molar-refractivity contribution in [1.29, 1.82) is 5.26 Å². The molecule has 0 saturated heterocycles. The Morgan fingerprint density at radius 2 is 1.83 bits per heavy atom. The second-order valence-corrected chi connectivity index (χ2v) is 5.08. The number of nitrogens with zero attached hydrogens (tertiary/aromatic N) is 1. The van der Waals surface area contributed by atoms with Crippen molar-refractivity contribution in [1.82, 2.24) is 0 Å². The van der Waals surface area contributed by atoms with Gasteiger partial charge in [0.1, 0.15) is 18.4 Å². The molecule has 0 unspecified atom stereocenters. The summed E-state index contributed by atoms with van der Waals surface area (Å²) in [5.41, 5.74) is 2.02. The number of esters is 1. The summed E-state index contributed by atoms with van der Waals surface area (Å²) < 4.78 is 10.6. The van der Waals surface area contributed by atoms with E-state index in [0.717, 1.165) is 5.56 Å². The molecule has 2 rings (SSSR count). The number of benzene rings is 2. The van der Waals surface area contributed by atoms with Gasteiger partial charge in [-0.05, 0) is 49.7 Å². The van der Waals surface area contributed by atoms with Crippen LogP contribution in [-0.2, 0) is 11.3 Å². The van der Waals surface area contributed by atoms with Gasteiger partial charge >= 0.3 is 5.97 Å². The number of carbonyl (C=O) groups excluding carboxylic acids is 2. The van der Waals surface area contributed by atoms with Gasteiger partial charge in [0.05, 0.1) is 17.7 Å². The summed E-state index contributed by atoms with van der Waals surface area (Å²) >= 11 is 0. The topological polar surface area (TPSA) is 76.4 Å². The van der Waals surface area contributed by atoms with E-state index in [-0.39, 0.29) is 23.9 Å². The molecule has 5 heteroatoms. The van der Waals surface area contributed by atoms with E-state index in [0.29, 0.717) is 23.5 Å². The Morgan fingerprint density at radius 1 is 1.12 bits per heavy atom. The van der Waals surface area contributed by atoms with Crippen LogP contribution in [0, 0.1) is 11.3 Å². The average molecular weight is 323 g/mol. The highest BCUT2D eigenvalue weighted by Gasteiger charge is 2.09. The number of ether oxygens (including phenoxy) is 2. The summed E-state index contributed by atoms with van der Waals surface area (Å²) in [6.07, 6.45) is 0. The Bertz CT molecular complexity index is 788. The molecule has 0 spiro atoms. The van der Waals surface area contributed by atoms with Crippen molar-refractivity contribution < 1.29 is 19.1 Å². The number of hydrogen-bond acceptors (Lipinski definition) is 5. The lowest BCUT2D eigenvalue weighted by atomic mass is 10.1. The van der Waals surface area contributed by atoms with Gasteiger partial charge in [-0.25, -0.2) is 4.79 Å². The molecule has 0 fully saturated rings. The fraction of sp³-hybridized carbons (Fsp3) is 0.211. The van der Waals surface area contributed by atoms with Crippen LogP contribution in [0.25, 0.3) is 0 Å². The van der Waals surface area contributed by atoms with Crippen molar-refractivity contribution in [2.75, 3.05) is 6.61 Å². The predicted octanol–water partition coefficient (Wildman–Crippen LogP) is 3.52. The third kappa shape index (κ3) is 4.20. The molecule has 0 aliphatic rings. The molecular formula is C19H17NO4. The van der Waals surface area contributed by atoms with Crippen molar-refractivity contribution in [3.63, 3.8) is 0 Å². The van der Waals surface area contributed by atoms with E-state index in [2.05, 4.69) is 0 Å². The number of hydrogen-bond donors (Lipinski definition) is 0. The van der Waals surface area contributed by atoms with Crippen LogP contribution in [0.1, 0.15) is 45.7 Å². The maximum atomic E-state index is 11.6. The number of nitriles is 1. The van der Waals surface area contributed by atoms with Gasteiger partial charge in [-0.3, -0.25) is 4.79 Å². The second kappa shape index (κ2) is 7.93. The zero-order chi connectivity index (χ0) is 17.5. The molecule has 0 heterocycles. The van der Waals surface area contributed by atoms with Crippen LogP contribution < -0.4 is 4.74 Å². The fourth-order valence-electron chi connectivity index (χ4n) is 2.13. The first-order valence-corrected chi connectivity index (χ1v) is 7.49. The maximum Gasteiger partial charge on any atom is 0.338 e. The number of ketones is 1. The van der Waals surface area contributed by atoms with Crippen LogP contribution in [0.5, 0.6) is 5.75 Å². The van der Waals surface area contributed by atoms with Gasteiger partial charge in [0.2, 0.25) is 0 Å². The first-order valence-electron chi connectivity index (χ1n) is 7.49. The summed E-state index contributed by atoms with van der Waals surface area (Å²) in [7, 11) is 0. The lowest BCUT2D eigenvalue weighted by molar-refractivity contribution is 0.0526. The molecule has 0 aliphatic carbocycles. The minimum absolute atomic E-state index is 0.160. The Labute approximate surface area is 140 Å². The van der Waals surface area contributed by atoms with Crippen LogP contribution in [0.2, 0.25) is 0 Å². The van der Waals surface area contributed by atoms with E-state index in [1.54, 1.807) is 49.4 Å². The summed E-state index contributed by atoms with van der Waals surface area (Å²) in [6, 6.07) is 13.7. The summed E-state index contributed by atoms with van der Waals surface area (Å²) in [4.78, 5) is 23.0. The van der Waals surface area contributed by atoms with E-state index < -0.39 is 0 Å². The predicted molar refractivity (Wildman–Crippen MR) is 87.9 cm³/mol. The van der Waals surface area contributed by atoms with Crippen LogP contribution in [0.15, 0.2) is 42.5 Å². The second-order valence-electron chi connectivity index (χ2n) is 5.08. The molecule has 0 saturated carbocycles. The molecule has 0 N–H and O–H groups in total. The zero-order valence-corrected chi connectivity index (χ0v) is 13.5. The average Bonchev–Trinajstić information content (AvgIpc) is 2.60. The standard InChI is InChI=1S/C19H17NO4/c1-3-23-19(22)15-6-4-14(5-7-15)12-24-17-8-9-18(13(2)21)16(10-17)11-20/h4-10H,3,12H2,1-2H3. The van der Waals surface area contributed by atoms with Gasteiger partial charge in [-0.2, -0.15) is 5.26 Å². The van der Waals surface area contributed by atoms with E-state index in [1.165, 1.54) is 6.92 Å². The molecule has 0 bridgehead atoms. The molecule has 0 amide bonds. The fourth-order valence-corrected chi connectivity index (χ4v) is 2.13.